The molecule has 0 spiro atoms. The highest BCUT2D eigenvalue weighted by molar-refractivity contribution is 6.31. The van der Waals surface area contributed by atoms with Crippen molar-refractivity contribution in [3.05, 3.63) is 58.6 Å². The van der Waals surface area contributed by atoms with Crippen LogP contribution in [0.25, 0.3) is 0 Å². The van der Waals surface area contributed by atoms with E-state index in [1.54, 1.807) is 0 Å². The van der Waals surface area contributed by atoms with Crippen LogP contribution in [-0.2, 0) is 13.0 Å². The van der Waals surface area contributed by atoms with Crippen LogP contribution in [0.2, 0.25) is 5.02 Å². The lowest BCUT2D eigenvalue weighted by Gasteiger charge is -2.15. The van der Waals surface area contributed by atoms with E-state index in [4.69, 9.17) is 16.3 Å². The molecule has 0 fully saturated rings. The van der Waals surface area contributed by atoms with E-state index in [-0.39, 0.29) is 0 Å². The summed E-state index contributed by atoms with van der Waals surface area (Å²) in [6.07, 6.45) is 0.944. The van der Waals surface area contributed by atoms with Gasteiger partial charge in [0.15, 0.2) is 0 Å². The lowest BCUT2D eigenvalue weighted by Crippen LogP contribution is -2.13. The van der Waals surface area contributed by atoms with E-state index >= 15 is 0 Å². The Kier molecular flexibility index (Phi) is 5.45. The molecule has 0 aliphatic rings. The van der Waals surface area contributed by atoms with Gasteiger partial charge in [0.2, 0.25) is 0 Å². The molecule has 2 aromatic carbocycles. The number of para-hydroxylation sites is 1. The molecule has 2 nitrogen and oxygen atoms in total. The first-order valence-corrected chi connectivity index (χ1v) is 7.37. The molecule has 0 saturated carbocycles. The third-order valence-electron chi connectivity index (χ3n) is 3.20. The Morgan fingerprint density at radius 3 is 2.50 bits per heavy atom. The van der Waals surface area contributed by atoms with Gasteiger partial charge in [-0.2, -0.15) is 0 Å². The highest BCUT2D eigenvalue weighted by Gasteiger charge is 2.10. The van der Waals surface area contributed by atoms with Gasteiger partial charge in [-0.15, -0.1) is 0 Å². The van der Waals surface area contributed by atoms with Gasteiger partial charge in [0.05, 0.1) is 0 Å². The zero-order valence-electron chi connectivity index (χ0n) is 11.9. The standard InChI is InChI=1S/C17H20ClNO/c1-3-13-8-5-6-10-16(13)20-17-11-7-9-15(18)14(17)12-19-4-2/h5-11,19H,3-4,12H2,1-2H3. The van der Waals surface area contributed by atoms with Crippen LogP contribution in [0.4, 0.5) is 0 Å². The fourth-order valence-corrected chi connectivity index (χ4v) is 2.30. The molecule has 0 aromatic heterocycles. The van der Waals surface area contributed by atoms with Crippen molar-refractivity contribution in [1.82, 2.24) is 5.32 Å². The van der Waals surface area contributed by atoms with Gasteiger partial charge in [-0.1, -0.05) is 49.7 Å². The van der Waals surface area contributed by atoms with E-state index in [0.29, 0.717) is 6.54 Å². The second kappa shape index (κ2) is 7.32. The van der Waals surface area contributed by atoms with Crippen LogP contribution >= 0.6 is 11.6 Å². The average Bonchev–Trinajstić information content (AvgIpc) is 2.47. The normalized spacial score (nSPS) is 10.6. The van der Waals surface area contributed by atoms with Gasteiger partial charge in [-0.05, 0) is 36.7 Å². The zero-order valence-corrected chi connectivity index (χ0v) is 12.7. The van der Waals surface area contributed by atoms with Crippen molar-refractivity contribution in [3.8, 4) is 11.5 Å². The molecule has 0 amide bonds. The van der Waals surface area contributed by atoms with Gasteiger partial charge in [0.25, 0.3) is 0 Å². The predicted molar refractivity (Wildman–Crippen MR) is 84.7 cm³/mol. The molecule has 1 N–H and O–H groups in total. The van der Waals surface area contributed by atoms with Crippen LogP contribution in [0.1, 0.15) is 25.0 Å². The van der Waals surface area contributed by atoms with Crippen molar-refractivity contribution < 1.29 is 4.74 Å². The van der Waals surface area contributed by atoms with Crippen molar-refractivity contribution >= 4 is 11.6 Å². The molecule has 0 unspecified atom stereocenters. The van der Waals surface area contributed by atoms with Crippen molar-refractivity contribution in [2.45, 2.75) is 26.8 Å². The molecule has 2 rings (SSSR count). The molecule has 0 aliphatic heterocycles. The van der Waals surface area contributed by atoms with Crippen LogP contribution in [0.3, 0.4) is 0 Å². The fourth-order valence-electron chi connectivity index (χ4n) is 2.07. The van der Waals surface area contributed by atoms with Gasteiger partial charge in [0.1, 0.15) is 11.5 Å². The van der Waals surface area contributed by atoms with E-state index in [2.05, 4.69) is 25.2 Å². The summed E-state index contributed by atoms with van der Waals surface area (Å²) in [6, 6.07) is 13.9. The van der Waals surface area contributed by atoms with E-state index in [9.17, 15) is 0 Å². The maximum Gasteiger partial charge on any atom is 0.133 e. The van der Waals surface area contributed by atoms with Gasteiger partial charge >= 0.3 is 0 Å². The van der Waals surface area contributed by atoms with Gasteiger partial charge in [0, 0.05) is 17.1 Å². The van der Waals surface area contributed by atoms with E-state index in [1.165, 1.54) is 5.56 Å². The third-order valence-corrected chi connectivity index (χ3v) is 3.56. The molecule has 0 heterocycles. The van der Waals surface area contributed by atoms with Gasteiger partial charge in [-0.3, -0.25) is 0 Å². The molecule has 3 heteroatoms. The van der Waals surface area contributed by atoms with E-state index < -0.39 is 0 Å². The first-order valence-electron chi connectivity index (χ1n) is 7.00. The Balaban J connectivity index is 2.30. The fraction of sp³-hybridized carbons (Fsp3) is 0.294. The summed E-state index contributed by atoms with van der Waals surface area (Å²) < 4.78 is 6.08. The summed E-state index contributed by atoms with van der Waals surface area (Å²) in [4.78, 5) is 0. The van der Waals surface area contributed by atoms with Crippen LogP contribution < -0.4 is 10.1 Å². The minimum Gasteiger partial charge on any atom is -0.457 e. The number of rotatable bonds is 6. The maximum absolute atomic E-state index is 6.29. The Labute approximate surface area is 125 Å². The molecule has 0 aliphatic carbocycles. The first kappa shape index (κ1) is 14.9. The Morgan fingerprint density at radius 1 is 1.00 bits per heavy atom. The minimum absolute atomic E-state index is 0.708. The number of ether oxygens (including phenoxy) is 1. The van der Waals surface area contributed by atoms with Crippen LogP contribution in [0, 0.1) is 0 Å². The van der Waals surface area contributed by atoms with Crippen LogP contribution in [0.5, 0.6) is 11.5 Å². The summed E-state index contributed by atoms with van der Waals surface area (Å²) in [5.41, 5.74) is 2.20. The lowest BCUT2D eigenvalue weighted by atomic mass is 10.1. The van der Waals surface area contributed by atoms with Gasteiger partial charge in [-0.25, -0.2) is 0 Å². The molecular weight excluding hydrogens is 270 g/mol. The van der Waals surface area contributed by atoms with Crippen LogP contribution in [0.15, 0.2) is 42.5 Å². The Bertz CT molecular complexity index is 569. The molecular formula is C17H20ClNO. The number of halogens is 1. The summed E-state index contributed by atoms with van der Waals surface area (Å²) in [6.45, 7) is 5.81. The number of aryl methyl sites for hydroxylation is 1. The quantitative estimate of drug-likeness (QED) is 0.824. The number of hydrogen-bond donors (Lipinski definition) is 1. The number of hydrogen-bond acceptors (Lipinski definition) is 2. The summed E-state index contributed by atoms with van der Waals surface area (Å²) in [7, 11) is 0. The molecule has 0 atom stereocenters. The third kappa shape index (κ3) is 3.53. The molecule has 106 valence electrons. The predicted octanol–water partition coefficient (Wildman–Crippen LogP) is 4.80. The lowest BCUT2D eigenvalue weighted by molar-refractivity contribution is 0.468. The SMILES string of the molecule is CCNCc1c(Cl)cccc1Oc1ccccc1CC. The highest BCUT2D eigenvalue weighted by Crippen LogP contribution is 2.32. The zero-order chi connectivity index (χ0) is 14.4. The molecule has 2 aromatic rings. The van der Waals surface area contributed by atoms with Crippen molar-refractivity contribution in [2.24, 2.45) is 0 Å². The molecule has 0 saturated heterocycles. The second-order valence-corrected chi connectivity index (χ2v) is 4.97. The number of nitrogens with one attached hydrogen (secondary N) is 1. The first-order chi connectivity index (χ1) is 9.76. The summed E-state index contributed by atoms with van der Waals surface area (Å²) in [5.74, 6) is 1.72. The smallest absolute Gasteiger partial charge is 0.133 e. The molecule has 20 heavy (non-hydrogen) atoms. The van der Waals surface area contributed by atoms with E-state index in [1.807, 2.05) is 36.4 Å². The maximum atomic E-state index is 6.29. The van der Waals surface area contributed by atoms with Crippen molar-refractivity contribution in [2.75, 3.05) is 6.54 Å². The summed E-state index contributed by atoms with van der Waals surface area (Å²) >= 11 is 6.29. The van der Waals surface area contributed by atoms with Crippen molar-refractivity contribution in [1.29, 1.82) is 0 Å². The van der Waals surface area contributed by atoms with Crippen molar-refractivity contribution in [3.63, 3.8) is 0 Å². The summed E-state index contributed by atoms with van der Waals surface area (Å²) in [5, 5.41) is 4.03. The minimum atomic E-state index is 0.708. The largest absolute Gasteiger partial charge is 0.457 e. The molecule has 0 radical (unpaired) electrons. The number of benzene rings is 2. The topological polar surface area (TPSA) is 21.3 Å². The average molecular weight is 290 g/mol. The molecule has 0 bridgehead atoms. The second-order valence-electron chi connectivity index (χ2n) is 4.56. The highest BCUT2D eigenvalue weighted by atomic mass is 35.5. The Morgan fingerprint density at radius 2 is 1.75 bits per heavy atom. The Hall–Kier alpha value is -1.51. The monoisotopic (exact) mass is 289 g/mol. The van der Waals surface area contributed by atoms with Gasteiger partial charge < -0.3 is 10.1 Å². The van der Waals surface area contributed by atoms with E-state index in [0.717, 1.165) is 35.1 Å². The van der Waals surface area contributed by atoms with Crippen LogP contribution in [-0.4, -0.2) is 6.54 Å².